The van der Waals surface area contributed by atoms with Gasteiger partial charge in [0.15, 0.2) is 0 Å². The predicted octanol–water partition coefficient (Wildman–Crippen LogP) is 4.86. The Labute approximate surface area is 182 Å². The number of carbonyl (C=O) groups is 1. The van der Waals surface area contributed by atoms with E-state index in [9.17, 15) is 4.79 Å². The van der Waals surface area contributed by atoms with E-state index < -0.39 is 0 Å². The van der Waals surface area contributed by atoms with Crippen molar-refractivity contribution < 1.29 is 9.32 Å². The second-order valence-electron chi connectivity index (χ2n) is 6.51. The highest BCUT2D eigenvalue weighted by Gasteiger charge is 2.13. The fourth-order valence-corrected chi connectivity index (χ4v) is 3.26. The molecule has 9 heteroatoms. The van der Waals surface area contributed by atoms with Gasteiger partial charge in [-0.15, -0.1) is 0 Å². The summed E-state index contributed by atoms with van der Waals surface area (Å²) in [5.41, 5.74) is 1.67. The van der Waals surface area contributed by atoms with E-state index in [0.717, 1.165) is 11.1 Å². The van der Waals surface area contributed by atoms with Crippen LogP contribution in [-0.4, -0.2) is 25.8 Å². The van der Waals surface area contributed by atoms with E-state index in [2.05, 4.69) is 20.6 Å². The van der Waals surface area contributed by atoms with Crippen LogP contribution in [0.2, 0.25) is 10.0 Å². The number of nitrogens with zero attached hydrogens (tertiary/aromatic N) is 4. The lowest BCUT2D eigenvalue weighted by atomic mass is 10.2. The minimum atomic E-state index is -0.187. The summed E-state index contributed by atoms with van der Waals surface area (Å²) < 4.78 is 6.89. The second kappa shape index (κ2) is 9.11. The van der Waals surface area contributed by atoms with Gasteiger partial charge in [-0.2, -0.15) is 10.1 Å². The fraction of sp³-hybridized carbons (Fsp3) is 0.143. The molecule has 2 aromatic carbocycles. The summed E-state index contributed by atoms with van der Waals surface area (Å²) in [5, 5.41) is 12.0. The number of rotatable bonds is 7. The third-order valence-corrected chi connectivity index (χ3v) is 5.26. The van der Waals surface area contributed by atoms with Crippen molar-refractivity contribution in [2.75, 3.05) is 5.32 Å². The Morgan fingerprint density at radius 1 is 1.07 bits per heavy atom. The average molecular weight is 442 g/mol. The molecule has 0 saturated heterocycles. The number of amides is 1. The van der Waals surface area contributed by atoms with E-state index >= 15 is 0 Å². The van der Waals surface area contributed by atoms with Gasteiger partial charge in [0.05, 0.1) is 22.8 Å². The average Bonchev–Trinajstić information content (AvgIpc) is 3.40. The molecule has 0 unspecified atom stereocenters. The molecule has 1 amide bonds. The summed E-state index contributed by atoms with van der Waals surface area (Å²) in [5.74, 6) is 1.28. The summed E-state index contributed by atoms with van der Waals surface area (Å²) in [6.45, 7) is 0.381. The molecule has 152 valence electrons. The SMILES string of the molecule is O=C(CCc1nc(-c2ccccc2)no1)Nc1ccnn1Cc1cccc(Cl)c1Cl. The molecule has 2 heterocycles. The maximum Gasteiger partial charge on any atom is 0.227 e. The number of hydrogen-bond donors (Lipinski definition) is 1. The van der Waals surface area contributed by atoms with E-state index in [0.29, 0.717) is 40.5 Å². The van der Waals surface area contributed by atoms with Crippen molar-refractivity contribution in [1.82, 2.24) is 19.9 Å². The van der Waals surface area contributed by atoms with Gasteiger partial charge < -0.3 is 9.84 Å². The quantitative estimate of drug-likeness (QED) is 0.442. The molecule has 0 bridgehead atoms. The number of carbonyl (C=O) groups excluding carboxylic acids is 1. The Hall–Kier alpha value is -3.16. The van der Waals surface area contributed by atoms with E-state index in [1.165, 1.54) is 0 Å². The number of nitrogens with one attached hydrogen (secondary N) is 1. The monoisotopic (exact) mass is 441 g/mol. The molecule has 0 atom stereocenters. The minimum absolute atomic E-state index is 0.187. The largest absolute Gasteiger partial charge is 0.339 e. The van der Waals surface area contributed by atoms with Crippen LogP contribution in [0.4, 0.5) is 5.82 Å². The van der Waals surface area contributed by atoms with Crippen LogP contribution in [0.15, 0.2) is 65.3 Å². The molecule has 30 heavy (non-hydrogen) atoms. The molecule has 0 aliphatic rings. The highest BCUT2D eigenvalue weighted by Crippen LogP contribution is 2.26. The predicted molar refractivity (Wildman–Crippen MR) is 114 cm³/mol. The minimum Gasteiger partial charge on any atom is -0.339 e. The van der Waals surface area contributed by atoms with Gasteiger partial charge in [-0.3, -0.25) is 4.79 Å². The molecular formula is C21H17Cl2N5O2. The lowest BCUT2D eigenvalue weighted by Gasteiger charge is -2.10. The molecule has 4 rings (SSSR count). The number of aromatic nitrogens is 4. The van der Waals surface area contributed by atoms with Gasteiger partial charge in [-0.1, -0.05) is 70.8 Å². The highest BCUT2D eigenvalue weighted by molar-refractivity contribution is 6.42. The van der Waals surface area contributed by atoms with Crippen LogP contribution in [0.5, 0.6) is 0 Å². The Morgan fingerprint density at radius 3 is 2.73 bits per heavy atom. The molecule has 0 radical (unpaired) electrons. The first-order valence-electron chi connectivity index (χ1n) is 9.23. The van der Waals surface area contributed by atoms with Crippen LogP contribution < -0.4 is 5.32 Å². The van der Waals surface area contributed by atoms with E-state index in [-0.39, 0.29) is 12.3 Å². The molecule has 0 spiro atoms. The van der Waals surface area contributed by atoms with Gasteiger partial charge in [0, 0.05) is 24.5 Å². The number of aryl methyl sites for hydroxylation is 1. The summed E-state index contributed by atoms with van der Waals surface area (Å²) in [7, 11) is 0. The molecular weight excluding hydrogens is 425 g/mol. The molecule has 7 nitrogen and oxygen atoms in total. The van der Waals surface area contributed by atoms with Crippen molar-refractivity contribution in [2.24, 2.45) is 0 Å². The van der Waals surface area contributed by atoms with Crippen LogP contribution in [0.3, 0.4) is 0 Å². The van der Waals surface area contributed by atoms with Gasteiger partial charge in [-0.05, 0) is 11.6 Å². The molecule has 0 aliphatic heterocycles. The summed E-state index contributed by atoms with van der Waals surface area (Å²) in [4.78, 5) is 16.7. The summed E-state index contributed by atoms with van der Waals surface area (Å²) >= 11 is 12.3. The van der Waals surface area contributed by atoms with Crippen LogP contribution in [0.1, 0.15) is 17.9 Å². The third-order valence-electron chi connectivity index (χ3n) is 4.40. The standard InChI is InChI=1S/C21H17Cl2N5O2/c22-16-8-4-7-15(20(16)23)13-28-17(11-12-24-28)25-18(29)9-10-19-26-21(27-30-19)14-5-2-1-3-6-14/h1-8,11-12H,9-10,13H2,(H,25,29). The summed E-state index contributed by atoms with van der Waals surface area (Å²) in [6, 6.07) is 16.6. The fourth-order valence-electron chi connectivity index (χ4n) is 2.88. The normalized spacial score (nSPS) is 10.9. The Morgan fingerprint density at radius 2 is 1.90 bits per heavy atom. The van der Waals surface area contributed by atoms with Crippen LogP contribution >= 0.6 is 23.2 Å². The first kappa shape index (κ1) is 20.1. The first-order valence-corrected chi connectivity index (χ1v) is 9.98. The Bertz CT molecular complexity index is 1160. The number of halogens is 2. The van der Waals surface area contributed by atoms with Crippen molar-refractivity contribution in [3.8, 4) is 11.4 Å². The zero-order chi connectivity index (χ0) is 20.9. The van der Waals surface area contributed by atoms with Crippen molar-refractivity contribution in [1.29, 1.82) is 0 Å². The zero-order valence-electron chi connectivity index (χ0n) is 15.8. The van der Waals surface area contributed by atoms with Crippen LogP contribution in [0.25, 0.3) is 11.4 Å². The third kappa shape index (κ3) is 4.69. The van der Waals surface area contributed by atoms with Crippen LogP contribution in [0, 0.1) is 0 Å². The Balaban J connectivity index is 1.36. The first-order chi connectivity index (χ1) is 14.6. The topological polar surface area (TPSA) is 85.8 Å². The number of hydrogen-bond acceptors (Lipinski definition) is 5. The van der Waals surface area contributed by atoms with Gasteiger partial charge in [0.1, 0.15) is 5.82 Å². The highest BCUT2D eigenvalue weighted by atomic mass is 35.5. The molecule has 0 saturated carbocycles. The zero-order valence-corrected chi connectivity index (χ0v) is 17.3. The van der Waals surface area contributed by atoms with E-state index in [1.807, 2.05) is 42.5 Å². The number of benzene rings is 2. The van der Waals surface area contributed by atoms with Crippen molar-refractivity contribution in [3.63, 3.8) is 0 Å². The molecule has 0 fully saturated rings. The smallest absolute Gasteiger partial charge is 0.227 e. The second-order valence-corrected chi connectivity index (χ2v) is 7.30. The van der Waals surface area contributed by atoms with Crippen molar-refractivity contribution >= 4 is 34.9 Å². The van der Waals surface area contributed by atoms with Crippen LogP contribution in [-0.2, 0) is 17.8 Å². The summed E-state index contributed by atoms with van der Waals surface area (Å²) in [6.07, 6.45) is 2.14. The van der Waals surface area contributed by atoms with Gasteiger partial charge in [-0.25, -0.2) is 4.68 Å². The lowest BCUT2D eigenvalue weighted by molar-refractivity contribution is -0.116. The maximum atomic E-state index is 12.4. The Kier molecular flexibility index (Phi) is 6.11. The molecule has 4 aromatic rings. The molecule has 2 aromatic heterocycles. The van der Waals surface area contributed by atoms with Gasteiger partial charge in [0.2, 0.25) is 17.6 Å². The van der Waals surface area contributed by atoms with E-state index in [4.69, 9.17) is 27.7 Å². The van der Waals surface area contributed by atoms with Gasteiger partial charge in [0.25, 0.3) is 0 Å². The molecule has 1 N–H and O–H groups in total. The lowest BCUT2D eigenvalue weighted by Crippen LogP contribution is -2.16. The molecule has 0 aliphatic carbocycles. The maximum absolute atomic E-state index is 12.4. The van der Waals surface area contributed by atoms with E-state index in [1.54, 1.807) is 23.0 Å². The van der Waals surface area contributed by atoms with Crippen molar-refractivity contribution in [2.45, 2.75) is 19.4 Å². The number of anilines is 1. The van der Waals surface area contributed by atoms with Gasteiger partial charge >= 0.3 is 0 Å². The van der Waals surface area contributed by atoms with Crippen molar-refractivity contribution in [3.05, 3.63) is 82.3 Å².